The lowest BCUT2D eigenvalue weighted by atomic mass is 9.97. The molecule has 0 aliphatic carbocycles. The van der Waals surface area contributed by atoms with Gasteiger partial charge in [0.05, 0.1) is 31.8 Å². The van der Waals surface area contributed by atoms with Gasteiger partial charge in [-0.15, -0.1) is 0 Å². The maximum Gasteiger partial charge on any atom is 0.247 e. The third-order valence-electron chi connectivity index (χ3n) is 4.12. The van der Waals surface area contributed by atoms with E-state index in [1.54, 1.807) is 32.4 Å². The summed E-state index contributed by atoms with van der Waals surface area (Å²) >= 11 is 0. The van der Waals surface area contributed by atoms with Crippen molar-refractivity contribution in [2.24, 2.45) is 5.10 Å². The van der Waals surface area contributed by atoms with E-state index < -0.39 is 16.1 Å². The highest BCUT2D eigenvalue weighted by Gasteiger charge is 2.37. The summed E-state index contributed by atoms with van der Waals surface area (Å²) in [6, 6.07) is 14.4. The van der Waals surface area contributed by atoms with Crippen molar-refractivity contribution in [3.8, 4) is 11.5 Å². The molecule has 132 valence electrons. The summed E-state index contributed by atoms with van der Waals surface area (Å²) in [5, 5.41) is 4.39. The molecule has 2 aromatic rings. The van der Waals surface area contributed by atoms with Gasteiger partial charge in [0, 0.05) is 6.42 Å². The van der Waals surface area contributed by atoms with E-state index in [1.807, 2.05) is 30.3 Å². The molecule has 1 atom stereocenters. The summed E-state index contributed by atoms with van der Waals surface area (Å²) in [5.74, 6) is 1.14. The molecule has 0 N–H and O–H groups in total. The quantitative estimate of drug-likeness (QED) is 0.822. The monoisotopic (exact) mass is 360 g/mol. The summed E-state index contributed by atoms with van der Waals surface area (Å²) in [6.45, 7) is 0. The number of benzene rings is 2. The molecule has 0 fully saturated rings. The molecule has 1 aliphatic heterocycles. The summed E-state index contributed by atoms with van der Waals surface area (Å²) in [5.41, 5.74) is 2.28. The van der Waals surface area contributed by atoms with Crippen LogP contribution in [0.2, 0.25) is 0 Å². The van der Waals surface area contributed by atoms with Gasteiger partial charge in [0.2, 0.25) is 10.0 Å². The molecule has 2 aromatic carbocycles. The second-order valence-corrected chi connectivity index (χ2v) is 7.58. The minimum Gasteiger partial charge on any atom is -0.496 e. The van der Waals surface area contributed by atoms with E-state index in [0.29, 0.717) is 29.2 Å². The Morgan fingerprint density at radius 1 is 1.00 bits per heavy atom. The maximum absolute atomic E-state index is 12.3. The van der Waals surface area contributed by atoms with Gasteiger partial charge in [0.25, 0.3) is 0 Å². The Balaban J connectivity index is 2.11. The zero-order chi connectivity index (χ0) is 18.0. The molecule has 0 spiro atoms. The van der Waals surface area contributed by atoms with Crippen LogP contribution in [-0.4, -0.2) is 39.0 Å². The van der Waals surface area contributed by atoms with Crippen LogP contribution < -0.4 is 9.47 Å². The Bertz CT molecular complexity index is 872. The van der Waals surface area contributed by atoms with Crippen LogP contribution in [0.1, 0.15) is 23.6 Å². The number of ether oxygens (including phenoxy) is 2. The number of nitrogens with zero attached hydrogens (tertiary/aromatic N) is 2. The molecular weight excluding hydrogens is 340 g/mol. The van der Waals surface area contributed by atoms with Crippen molar-refractivity contribution < 1.29 is 17.9 Å². The van der Waals surface area contributed by atoms with E-state index in [-0.39, 0.29) is 0 Å². The van der Waals surface area contributed by atoms with Gasteiger partial charge in [-0.05, 0) is 17.7 Å². The predicted octanol–water partition coefficient (Wildman–Crippen LogP) is 2.81. The normalized spacial score (nSPS) is 17.3. The van der Waals surface area contributed by atoms with Crippen LogP contribution >= 0.6 is 0 Å². The second kappa shape index (κ2) is 6.76. The molecule has 1 heterocycles. The molecule has 25 heavy (non-hydrogen) atoms. The van der Waals surface area contributed by atoms with E-state index >= 15 is 0 Å². The lowest BCUT2D eigenvalue weighted by Gasteiger charge is -2.24. The summed E-state index contributed by atoms with van der Waals surface area (Å²) in [7, 11) is -0.451. The predicted molar refractivity (Wildman–Crippen MR) is 96.6 cm³/mol. The van der Waals surface area contributed by atoms with Crippen LogP contribution in [0.3, 0.4) is 0 Å². The van der Waals surface area contributed by atoms with Gasteiger partial charge < -0.3 is 9.47 Å². The standard InChI is InChI=1S/C18H20N2O4S/c1-23-16-10-7-11-17(24-2)18(16)15-12-14(13-8-5-4-6-9-13)19-20(15)25(3,21)22/h4-11,15H,12H2,1-3H3/t15-/m0/s1. The van der Waals surface area contributed by atoms with Crippen molar-refractivity contribution in [1.29, 1.82) is 0 Å². The first kappa shape index (κ1) is 17.3. The molecule has 3 rings (SSSR count). The molecule has 6 nitrogen and oxygen atoms in total. The average molecular weight is 360 g/mol. The summed E-state index contributed by atoms with van der Waals surface area (Å²) in [4.78, 5) is 0. The van der Waals surface area contributed by atoms with Gasteiger partial charge in [-0.3, -0.25) is 0 Å². The average Bonchev–Trinajstić information content (AvgIpc) is 3.07. The lowest BCUT2D eigenvalue weighted by Crippen LogP contribution is -2.26. The number of hydrazone groups is 1. The summed E-state index contributed by atoms with van der Waals surface area (Å²) in [6.07, 6.45) is 1.59. The minimum absolute atomic E-state index is 0.438. The molecule has 0 unspecified atom stereocenters. The summed E-state index contributed by atoms with van der Waals surface area (Å²) < 4.78 is 36.7. The van der Waals surface area contributed by atoms with Crippen LogP contribution in [-0.2, 0) is 10.0 Å². The van der Waals surface area contributed by atoms with E-state index in [2.05, 4.69) is 5.10 Å². The highest BCUT2D eigenvalue weighted by molar-refractivity contribution is 7.88. The van der Waals surface area contributed by atoms with E-state index in [1.165, 1.54) is 0 Å². The highest BCUT2D eigenvalue weighted by Crippen LogP contribution is 2.43. The van der Waals surface area contributed by atoms with Crippen LogP contribution in [0.5, 0.6) is 11.5 Å². The first-order valence-corrected chi connectivity index (χ1v) is 9.63. The fraction of sp³-hybridized carbons (Fsp3) is 0.278. The molecule has 0 radical (unpaired) electrons. The first-order valence-electron chi connectivity index (χ1n) is 7.79. The third-order valence-corrected chi connectivity index (χ3v) is 5.13. The van der Waals surface area contributed by atoms with Gasteiger partial charge in [0.15, 0.2) is 0 Å². The number of hydrogen-bond acceptors (Lipinski definition) is 5. The maximum atomic E-state index is 12.3. The second-order valence-electron chi connectivity index (χ2n) is 5.74. The van der Waals surface area contributed by atoms with Gasteiger partial charge in [0.1, 0.15) is 17.5 Å². The van der Waals surface area contributed by atoms with Gasteiger partial charge in [-0.1, -0.05) is 36.4 Å². The highest BCUT2D eigenvalue weighted by atomic mass is 32.2. The van der Waals surface area contributed by atoms with Crippen molar-refractivity contribution in [3.63, 3.8) is 0 Å². The van der Waals surface area contributed by atoms with Crippen molar-refractivity contribution >= 4 is 15.7 Å². The van der Waals surface area contributed by atoms with Gasteiger partial charge >= 0.3 is 0 Å². The molecule has 0 saturated carbocycles. The SMILES string of the molecule is COc1cccc(OC)c1[C@@H]1CC(c2ccccc2)=NN1S(C)(=O)=O. The Morgan fingerprint density at radius 3 is 2.12 bits per heavy atom. The molecule has 0 bridgehead atoms. The smallest absolute Gasteiger partial charge is 0.247 e. The van der Waals surface area contributed by atoms with Crippen molar-refractivity contribution in [1.82, 2.24) is 4.41 Å². The Morgan fingerprint density at radius 2 is 1.60 bits per heavy atom. The molecule has 0 saturated heterocycles. The molecule has 1 aliphatic rings. The van der Waals surface area contributed by atoms with E-state index in [0.717, 1.165) is 16.2 Å². The van der Waals surface area contributed by atoms with Crippen LogP contribution in [0.15, 0.2) is 53.6 Å². The van der Waals surface area contributed by atoms with Crippen molar-refractivity contribution in [3.05, 3.63) is 59.7 Å². The largest absolute Gasteiger partial charge is 0.496 e. The number of methoxy groups -OCH3 is 2. The van der Waals surface area contributed by atoms with Crippen LogP contribution in [0, 0.1) is 0 Å². The fourth-order valence-electron chi connectivity index (χ4n) is 3.02. The van der Waals surface area contributed by atoms with Crippen molar-refractivity contribution in [2.75, 3.05) is 20.5 Å². The van der Waals surface area contributed by atoms with Crippen molar-refractivity contribution in [2.45, 2.75) is 12.5 Å². The first-order chi connectivity index (χ1) is 12.0. The van der Waals surface area contributed by atoms with Gasteiger partial charge in [-0.25, -0.2) is 8.42 Å². The molecule has 0 aromatic heterocycles. The van der Waals surface area contributed by atoms with Crippen LogP contribution in [0.25, 0.3) is 0 Å². The van der Waals surface area contributed by atoms with Crippen LogP contribution in [0.4, 0.5) is 0 Å². The Kier molecular flexibility index (Phi) is 4.67. The fourth-order valence-corrected chi connectivity index (χ4v) is 3.91. The molecule has 0 amide bonds. The van der Waals surface area contributed by atoms with E-state index in [9.17, 15) is 8.42 Å². The lowest BCUT2D eigenvalue weighted by molar-refractivity contribution is 0.332. The zero-order valence-corrected chi connectivity index (χ0v) is 15.2. The van der Waals surface area contributed by atoms with Gasteiger partial charge in [-0.2, -0.15) is 9.52 Å². The number of sulfonamides is 1. The Labute approximate surface area is 147 Å². The molecular formula is C18H20N2O4S. The Hall–Kier alpha value is -2.54. The zero-order valence-electron chi connectivity index (χ0n) is 14.3. The molecule has 7 heteroatoms. The van der Waals surface area contributed by atoms with E-state index in [4.69, 9.17) is 9.47 Å². The number of rotatable bonds is 5. The number of hydrogen-bond donors (Lipinski definition) is 0. The minimum atomic E-state index is -3.56. The topological polar surface area (TPSA) is 68.2 Å². The third kappa shape index (κ3) is 3.32.